The molecule has 0 aliphatic carbocycles. The zero-order valence-corrected chi connectivity index (χ0v) is 13.5. The van der Waals surface area contributed by atoms with Gasteiger partial charge in [0.15, 0.2) is 0 Å². The van der Waals surface area contributed by atoms with Gasteiger partial charge in [-0.2, -0.15) is 5.10 Å². The number of benzene rings is 1. The first-order valence-electron chi connectivity index (χ1n) is 7.77. The van der Waals surface area contributed by atoms with Crippen LogP contribution in [0.3, 0.4) is 0 Å². The Morgan fingerprint density at radius 1 is 1.16 bits per heavy atom. The largest absolute Gasteiger partial charge is 0.481 e. The number of nitro benzene ring substituents is 1. The van der Waals surface area contributed by atoms with Crippen LogP contribution in [0.5, 0.6) is 0 Å². The van der Waals surface area contributed by atoms with Crippen LogP contribution in [0.1, 0.15) is 31.4 Å². The van der Waals surface area contributed by atoms with E-state index in [0.29, 0.717) is 30.7 Å². The highest BCUT2D eigenvalue weighted by Crippen LogP contribution is 2.23. The number of carboxylic acids is 1. The summed E-state index contributed by atoms with van der Waals surface area (Å²) in [5, 5.41) is 24.0. The van der Waals surface area contributed by atoms with Crippen molar-refractivity contribution in [1.29, 1.82) is 0 Å². The van der Waals surface area contributed by atoms with Gasteiger partial charge in [0.25, 0.3) is 5.69 Å². The van der Waals surface area contributed by atoms with Gasteiger partial charge in [0, 0.05) is 18.7 Å². The second-order valence-corrected chi connectivity index (χ2v) is 5.26. The van der Waals surface area contributed by atoms with Gasteiger partial charge < -0.3 is 5.11 Å². The summed E-state index contributed by atoms with van der Waals surface area (Å²) in [5.41, 5.74) is 4.20. The number of aromatic nitrogens is 1. The van der Waals surface area contributed by atoms with E-state index in [1.807, 2.05) is 6.07 Å². The molecule has 1 heterocycles. The normalized spacial score (nSPS) is 11.1. The third kappa shape index (κ3) is 5.69. The number of nitrogens with zero attached hydrogens (tertiary/aromatic N) is 3. The van der Waals surface area contributed by atoms with Gasteiger partial charge in [-0.3, -0.25) is 25.3 Å². The minimum atomic E-state index is -0.839. The Bertz CT molecular complexity index is 762. The van der Waals surface area contributed by atoms with Gasteiger partial charge in [0.05, 0.1) is 16.3 Å². The third-order valence-electron chi connectivity index (χ3n) is 3.43. The molecule has 0 amide bonds. The molecule has 0 atom stereocenters. The number of unbranched alkanes of at least 4 members (excludes halogenated alkanes) is 1. The molecule has 2 rings (SSSR count). The lowest BCUT2D eigenvalue weighted by molar-refractivity contribution is -0.384. The molecule has 130 valence electrons. The number of carboxylic acid groups (broad SMARTS) is 1. The number of pyridine rings is 1. The van der Waals surface area contributed by atoms with Gasteiger partial charge in [-0.05, 0) is 37.5 Å². The van der Waals surface area contributed by atoms with Gasteiger partial charge in [-0.25, -0.2) is 0 Å². The first-order chi connectivity index (χ1) is 12.1. The van der Waals surface area contributed by atoms with E-state index in [-0.39, 0.29) is 17.8 Å². The first kappa shape index (κ1) is 18.1. The van der Waals surface area contributed by atoms with Crippen molar-refractivity contribution in [1.82, 2.24) is 4.98 Å². The number of carbonyl (C=O) groups is 1. The molecule has 0 fully saturated rings. The molecule has 0 aliphatic rings. The van der Waals surface area contributed by atoms with Gasteiger partial charge in [0.1, 0.15) is 5.69 Å². The minimum Gasteiger partial charge on any atom is -0.481 e. The molecule has 25 heavy (non-hydrogen) atoms. The summed E-state index contributed by atoms with van der Waals surface area (Å²) in [6, 6.07) is 11.6. The Balaban J connectivity index is 2.16. The van der Waals surface area contributed by atoms with E-state index in [2.05, 4.69) is 15.5 Å². The van der Waals surface area contributed by atoms with Gasteiger partial charge in [-0.15, -0.1) is 0 Å². The third-order valence-corrected chi connectivity index (χ3v) is 3.43. The summed E-state index contributed by atoms with van der Waals surface area (Å²) < 4.78 is 0. The number of anilines is 1. The fourth-order valence-corrected chi connectivity index (χ4v) is 2.20. The number of nitro groups is 1. The molecule has 0 saturated carbocycles. The highest BCUT2D eigenvalue weighted by molar-refractivity contribution is 5.99. The summed E-state index contributed by atoms with van der Waals surface area (Å²) in [6.07, 6.45) is 3.38. The van der Waals surface area contributed by atoms with Crippen LogP contribution in [-0.4, -0.2) is 26.7 Å². The Morgan fingerprint density at radius 3 is 2.56 bits per heavy atom. The molecular weight excluding hydrogens is 324 g/mol. The number of nitrogens with one attached hydrogen (secondary N) is 1. The van der Waals surface area contributed by atoms with Gasteiger partial charge >= 0.3 is 5.97 Å². The molecule has 2 N–H and O–H groups in total. The number of hydrazone groups is 1. The summed E-state index contributed by atoms with van der Waals surface area (Å²) in [6.45, 7) is 0. The molecule has 0 saturated heterocycles. The number of para-hydroxylation sites is 2. The maximum absolute atomic E-state index is 11.1. The standard InChI is InChI=1S/C17H18N4O4/c22-17(23)11-4-2-8-14(13-7-5-6-12-18-13)19-20-15-9-1-3-10-16(15)21(24)25/h1,3,5-7,9-10,12,20H,2,4,8,11H2,(H,22,23)/b19-14-. The quantitative estimate of drug-likeness (QED) is 0.312. The fourth-order valence-electron chi connectivity index (χ4n) is 2.20. The average molecular weight is 342 g/mol. The van der Waals surface area contributed by atoms with Crippen LogP contribution in [0.15, 0.2) is 53.8 Å². The van der Waals surface area contributed by atoms with Crippen LogP contribution in [0.4, 0.5) is 11.4 Å². The van der Waals surface area contributed by atoms with Crippen LogP contribution >= 0.6 is 0 Å². The number of rotatable bonds is 9. The van der Waals surface area contributed by atoms with E-state index < -0.39 is 10.9 Å². The van der Waals surface area contributed by atoms with Gasteiger partial charge in [0.2, 0.25) is 0 Å². The fraction of sp³-hybridized carbons (Fsp3) is 0.235. The Kier molecular flexibility index (Phi) is 6.58. The van der Waals surface area contributed by atoms with Crippen LogP contribution < -0.4 is 5.43 Å². The molecule has 0 spiro atoms. The smallest absolute Gasteiger partial charge is 0.303 e. The SMILES string of the molecule is O=C(O)CCCC/C(=N/Nc1ccccc1[N+](=O)[O-])c1ccccn1. The number of aliphatic carboxylic acids is 1. The van der Waals surface area contributed by atoms with Crippen molar-refractivity contribution >= 4 is 23.1 Å². The van der Waals surface area contributed by atoms with Crippen molar-refractivity contribution < 1.29 is 14.8 Å². The highest BCUT2D eigenvalue weighted by atomic mass is 16.6. The second-order valence-electron chi connectivity index (χ2n) is 5.26. The van der Waals surface area contributed by atoms with Crippen molar-refractivity contribution in [2.45, 2.75) is 25.7 Å². The monoisotopic (exact) mass is 342 g/mol. The summed E-state index contributed by atoms with van der Waals surface area (Å²) in [5.74, 6) is -0.839. The van der Waals surface area contributed by atoms with Crippen LogP contribution in [-0.2, 0) is 4.79 Å². The summed E-state index contributed by atoms with van der Waals surface area (Å²) in [4.78, 5) is 25.4. The molecule has 0 aliphatic heterocycles. The molecule has 8 heteroatoms. The zero-order chi connectivity index (χ0) is 18.1. The molecular formula is C17H18N4O4. The minimum absolute atomic E-state index is 0.0718. The van der Waals surface area contributed by atoms with E-state index >= 15 is 0 Å². The predicted octanol–water partition coefficient (Wildman–Crippen LogP) is 3.45. The van der Waals surface area contributed by atoms with Crippen molar-refractivity contribution in [2.75, 3.05) is 5.43 Å². The summed E-state index contributed by atoms with van der Waals surface area (Å²) in [7, 11) is 0. The van der Waals surface area contributed by atoms with E-state index in [1.165, 1.54) is 6.07 Å². The average Bonchev–Trinajstić information content (AvgIpc) is 2.61. The molecule has 0 bridgehead atoms. The maximum Gasteiger partial charge on any atom is 0.303 e. The van der Waals surface area contributed by atoms with E-state index in [1.54, 1.807) is 36.5 Å². The molecule has 1 aromatic heterocycles. The lowest BCUT2D eigenvalue weighted by atomic mass is 10.1. The molecule has 8 nitrogen and oxygen atoms in total. The van der Waals surface area contributed by atoms with Crippen molar-refractivity contribution in [2.24, 2.45) is 5.10 Å². The zero-order valence-electron chi connectivity index (χ0n) is 13.5. The van der Waals surface area contributed by atoms with E-state index in [9.17, 15) is 14.9 Å². The Labute approximate surface area is 144 Å². The topological polar surface area (TPSA) is 118 Å². The summed E-state index contributed by atoms with van der Waals surface area (Å²) >= 11 is 0. The van der Waals surface area contributed by atoms with Crippen molar-refractivity contribution in [3.05, 3.63) is 64.5 Å². The van der Waals surface area contributed by atoms with Crippen LogP contribution in [0.2, 0.25) is 0 Å². The van der Waals surface area contributed by atoms with Crippen LogP contribution in [0, 0.1) is 10.1 Å². The lowest BCUT2D eigenvalue weighted by Gasteiger charge is -2.07. The highest BCUT2D eigenvalue weighted by Gasteiger charge is 2.12. The number of hydrogen-bond acceptors (Lipinski definition) is 6. The lowest BCUT2D eigenvalue weighted by Crippen LogP contribution is -2.08. The second kappa shape index (κ2) is 9.11. The predicted molar refractivity (Wildman–Crippen MR) is 93.6 cm³/mol. The molecule has 2 aromatic rings. The Morgan fingerprint density at radius 2 is 1.88 bits per heavy atom. The maximum atomic E-state index is 11.1. The molecule has 0 radical (unpaired) electrons. The van der Waals surface area contributed by atoms with Crippen LogP contribution in [0.25, 0.3) is 0 Å². The van der Waals surface area contributed by atoms with Gasteiger partial charge in [-0.1, -0.05) is 18.2 Å². The van der Waals surface area contributed by atoms with Crippen molar-refractivity contribution in [3.63, 3.8) is 0 Å². The van der Waals surface area contributed by atoms with E-state index in [0.717, 1.165) is 0 Å². The first-order valence-corrected chi connectivity index (χ1v) is 7.77. The Hall–Kier alpha value is -3.29. The number of hydrogen-bond donors (Lipinski definition) is 2. The molecule has 1 aromatic carbocycles. The van der Waals surface area contributed by atoms with E-state index in [4.69, 9.17) is 5.11 Å². The molecule has 0 unspecified atom stereocenters. The van der Waals surface area contributed by atoms with Crippen molar-refractivity contribution in [3.8, 4) is 0 Å².